The van der Waals surface area contributed by atoms with Gasteiger partial charge in [-0.2, -0.15) is 4.98 Å². The highest BCUT2D eigenvalue weighted by atomic mass is 35.5. The highest BCUT2D eigenvalue weighted by molar-refractivity contribution is 6.32. The summed E-state index contributed by atoms with van der Waals surface area (Å²) in [5.74, 6) is 2.77. The second-order valence-corrected chi connectivity index (χ2v) is 6.19. The van der Waals surface area contributed by atoms with Gasteiger partial charge in [-0.15, -0.1) is 0 Å². The van der Waals surface area contributed by atoms with E-state index >= 15 is 0 Å². The Morgan fingerprint density at radius 2 is 2.13 bits per heavy atom. The molecule has 6 nitrogen and oxygen atoms in total. The molecule has 7 heteroatoms. The number of nitrogens with one attached hydrogen (secondary N) is 1. The van der Waals surface area contributed by atoms with Gasteiger partial charge >= 0.3 is 0 Å². The third-order valence-corrected chi connectivity index (χ3v) is 4.38. The summed E-state index contributed by atoms with van der Waals surface area (Å²) in [5, 5.41) is 7.94. The third-order valence-electron chi connectivity index (χ3n) is 4.10. The van der Waals surface area contributed by atoms with Crippen molar-refractivity contribution in [2.24, 2.45) is 5.92 Å². The first-order valence-corrected chi connectivity index (χ1v) is 7.99. The standard InChI is InChI=1S/C16H20ClN3O3/c1-9-4-5-18-12(6-9)16-19-15(20-23-16)10-7-11(17)14(22-3)13(8-10)21-2/h7-9,12,18H,4-6H2,1-3H3. The maximum Gasteiger partial charge on any atom is 0.244 e. The van der Waals surface area contributed by atoms with Crippen molar-refractivity contribution < 1.29 is 14.0 Å². The van der Waals surface area contributed by atoms with Gasteiger partial charge in [-0.05, 0) is 37.4 Å². The van der Waals surface area contributed by atoms with Gasteiger partial charge in [-0.1, -0.05) is 23.7 Å². The summed E-state index contributed by atoms with van der Waals surface area (Å²) in [6.45, 7) is 3.20. The Labute approximate surface area is 140 Å². The van der Waals surface area contributed by atoms with Crippen molar-refractivity contribution in [3.05, 3.63) is 23.0 Å². The van der Waals surface area contributed by atoms with E-state index in [1.807, 2.05) is 0 Å². The Morgan fingerprint density at radius 1 is 1.30 bits per heavy atom. The molecule has 1 aromatic carbocycles. The zero-order valence-corrected chi connectivity index (χ0v) is 14.2. The van der Waals surface area contributed by atoms with Crippen molar-refractivity contribution in [2.45, 2.75) is 25.8 Å². The molecule has 1 aliphatic heterocycles. The quantitative estimate of drug-likeness (QED) is 0.921. The maximum absolute atomic E-state index is 6.23. The number of nitrogens with zero attached hydrogens (tertiary/aromatic N) is 2. The van der Waals surface area contributed by atoms with Crippen LogP contribution in [0.5, 0.6) is 11.5 Å². The van der Waals surface area contributed by atoms with E-state index in [0.717, 1.165) is 18.5 Å². The lowest BCUT2D eigenvalue weighted by molar-refractivity contribution is 0.260. The number of hydrogen-bond acceptors (Lipinski definition) is 6. The van der Waals surface area contributed by atoms with E-state index in [9.17, 15) is 0 Å². The van der Waals surface area contributed by atoms with Crippen molar-refractivity contribution in [2.75, 3.05) is 20.8 Å². The molecule has 2 heterocycles. The van der Waals surface area contributed by atoms with Gasteiger partial charge in [0.15, 0.2) is 11.5 Å². The molecular formula is C16H20ClN3O3. The van der Waals surface area contributed by atoms with E-state index in [0.29, 0.717) is 34.2 Å². The summed E-state index contributed by atoms with van der Waals surface area (Å²) in [7, 11) is 3.11. The molecule has 0 spiro atoms. The molecule has 0 aliphatic carbocycles. The van der Waals surface area contributed by atoms with Crippen molar-refractivity contribution in [3.8, 4) is 22.9 Å². The van der Waals surface area contributed by atoms with Crippen LogP contribution in [0.25, 0.3) is 11.4 Å². The molecule has 0 saturated carbocycles. The molecule has 0 amide bonds. The highest BCUT2D eigenvalue weighted by Crippen LogP contribution is 2.38. The molecular weight excluding hydrogens is 318 g/mol. The van der Waals surface area contributed by atoms with E-state index < -0.39 is 0 Å². The second kappa shape index (κ2) is 6.76. The first kappa shape index (κ1) is 16.1. The topological polar surface area (TPSA) is 69.4 Å². The van der Waals surface area contributed by atoms with Gasteiger partial charge in [0.2, 0.25) is 11.7 Å². The van der Waals surface area contributed by atoms with Gasteiger partial charge < -0.3 is 19.3 Å². The highest BCUT2D eigenvalue weighted by Gasteiger charge is 2.25. The molecule has 1 fully saturated rings. The van der Waals surface area contributed by atoms with Crippen molar-refractivity contribution >= 4 is 11.6 Å². The number of methoxy groups -OCH3 is 2. The van der Waals surface area contributed by atoms with Crippen LogP contribution in [0, 0.1) is 5.92 Å². The number of benzene rings is 1. The SMILES string of the molecule is COc1cc(-c2noc(C3CC(C)CCN3)n2)cc(Cl)c1OC. The van der Waals surface area contributed by atoms with Crippen molar-refractivity contribution in [1.29, 1.82) is 0 Å². The Morgan fingerprint density at radius 3 is 2.83 bits per heavy atom. The molecule has 2 atom stereocenters. The number of piperidine rings is 1. The van der Waals surface area contributed by atoms with Gasteiger partial charge in [-0.3, -0.25) is 0 Å². The summed E-state index contributed by atoms with van der Waals surface area (Å²) >= 11 is 6.23. The van der Waals surface area contributed by atoms with E-state index in [2.05, 4.69) is 22.4 Å². The van der Waals surface area contributed by atoms with Crippen LogP contribution in [0.3, 0.4) is 0 Å². The van der Waals surface area contributed by atoms with Gasteiger partial charge in [0.25, 0.3) is 0 Å². The smallest absolute Gasteiger partial charge is 0.244 e. The molecule has 0 bridgehead atoms. The molecule has 1 saturated heterocycles. The number of hydrogen-bond donors (Lipinski definition) is 1. The lowest BCUT2D eigenvalue weighted by Gasteiger charge is -2.25. The minimum absolute atomic E-state index is 0.107. The van der Waals surface area contributed by atoms with Gasteiger partial charge in [-0.25, -0.2) is 0 Å². The Hall–Kier alpha value is -1.79. The molecule has 23 heavy (non-hydrogen) atoms. The lowest BCUT2D eigenvalue weighted by atomic mass is 9.94. The zero-order chi connectivity index (χ0) is 16.4. The van der Waals surface area contributed by atoms with Gasteiger partial charge in [0.1, 0.15) is 0 Å². The molecule has 2 aromatic rings. The lowest BCUT2D eigenvalue weighted by Crippen LogP contribution is -2.30. The summed E-state index contributed by atoms with van der Waals surface area (Å²) in [5.41, 5.74) is 0.728. The van der Waals surface area contributed by atoms with Gasteiger partial charge in [0.05, 0.1) is 25.3 Å². The molecule has 0 radical (unpaired) electrons. The fraction of sp³-hybridized carbons (Fsp3) is 0.500. The summed E-state index contributed by atoms with van der Waals surface area (Å²) in [6, 6.07) is 3.64. The Bertz CT molecular complexity index is 689. The van der Waals surface area contributed by atoms with Gasteiger partial charge in [0, 0.05) is 5.56 Å². The van der Waals surface area contributed by atoms with E-state index in [4.69, 9.17) is 25.6 Å². The van der Waals surface area contributed by atoms with Crippen LogP contribution in [0.15, 0.2) is 16.7 Å². The summed E-state index contributed by atoms with van der Waals surface area (Å²) in [4.78, 5) is 4.52. The number of ether oxygens (including phenoxy) is 2. The van der Waals surface area contributed by atoms with Crippen molar-refractivity contribution in [3.63, 3.8) is 0 Å². The maximum atomic E-state index is 6.23. The third kappa shape index (κ3) is 3.28. The Balaban J connectivity index is 1.89. The summed E-state index contributed by atoms with van der Waals surface area (Å²) < 4.78 is 16.0. The second-order valence-electron chi connectivity index (χ2n) is 5.79. The Kier molecular flexibility index (Phi) is 4.73. The fourth-order valence-electron chi connectivity index (χ4n) is 2.84. The van der Waals surface area contributed by atoms with Crippen LogP contribution in [0.1, 0.15) is 31.7 Å². The largest absolute Gasteiger partial charge is 0.493 e. The number of halogens is 1. The van der Waals surface area contributed by atoms with Crippen molar-refractivity contribution in [1.82, 2.24) is 15.5 Å². The van der Waals surface area contributed by atoms with E-state index in [-0.39, 0.29) is 6.04 Å². The molecule has 124 valence electrons. The molecule has 1 aliphatic rings. The first-order valence-electron chi connectivity index (χ1n) is 7.61. The monoisotopic (exact) mass is 337 g/mol. The normalized spacial score (nSPS) is 21.2. The predicted octanol–water partition coefficient (Wildman–Crippen LogP) is 3.47. The summed E-state index contributed by atoms with van der Waals surface area (Å²) in [6.07, 6.45) is 2.16. The predicted molar refractivity (Wildman–Crippen MR) is 87.0 cm³/mol. The molecule has 3 rings (SSSR count). The van der Waals surface area contributed by atoms with Crippen LogP contribution in [-0.2, 0) is 0 Å². The van der Waals surface area contributed by atoms with Crippen LogP contribution in [-0.4, -0.2) is 30.9 Å². The minimum atomic E-state index is 0.107. The number of aromatic nitrogens is 2. The van der Waals surface area contributed by atoms with Crippen LogP contribution < -0.4 is 14.8 Å². The number of rotatable bonds is 4. The molecule has 1 aromatic heterocycles. The minimum Gasteiger partial charge on any atom is -0.493 e. The molecule has 1 N–H and O–H groups in total. The van der Waals surface area contributed by atoms with Crippen LogP contribution in [0.4, 0.5) is 0 Å². The fourth-order valence-corrected chi connectivity index (χ4v) is 3.12. The molecule has 2 unspecified atom stereocenters. The first-order chi connectivity index (χ1) is 11.1. The van der Waals surface area contributed by atoms with E-state index in [1.54, 1.807) is 26.4 Å². The zero-order valence-electron chi connectivity index (χ0n) is 13.4. The van der Waals surface area contributed by atoms with Crippen LogP contribution in [0.2, 0.25) is 5.02 Å². The average Bonchev–Trinajstić information content (AvgIpc) is 3.04. The van der Waals surface area contributed by atoms with Crippen LogP contribution >= 0.6 is 11.6 Å². The van der Waals surface area contributed by atoms with E-state index in [1.165, 1.54) is 6.42 Å². The average molecular weight is 338 g/mol.